The maximum atomic E-state index is 13.9. The van der Waals surface area contributed by atoms with Gasteiger partial charge >= 0.3 is 12.4 Å². The van der Waals surface area contributed by atoms with Crippen molar-refractivity contribution in [2.75, 3.05) is 17.3 Å². The highest BCUT2D eigenvalue weighted by Gasteiger charge is 2.41. The number of pyridine rings is 1. The van der Waals surface area contributed by atoms with Crippen LogP contribution < -0.4 is 10.2 Å². The summed E-state index contributed by atoms with van der Waals surface area (Å²) in [6.07, 6.45) is -6.28. The second-order valence-corrected chi connectivity index (χ2v) is 11.4. The van der Waals surface area contributed by atoms with E-state index in [0.717, 1.165) is 12.8 Å². The predicted molar refractivity (Wildman–Crippen MR) is 149 cm³/mol. The highest BCUT2D eigenvalue weighted by molar-refractivity contribution is 6.33. The summed E-state index contributed by atoms with van der Waals surface area (Å²) in [6.45, 7) is 2.55. The number of aliphatic hydroxyl groups excluding tert-OH is 1. The number of nitrogens with one attached hydrogen (secondary N) is 1. The Bertz CT molecular complexity index is 1420. The van der Waals surface area contributed by atoms with Crippen molar-refractivity contribution in [3.8, 4) is 11.1 Å². The van der Waals surface area contributed by atoms with Crippen molar-refractivity contribution in [3.05, 3.63) is 76.4 Å². The van der Waals surface area contributed by atoms with Crippen LogP contribution in [0.25, 0.3) is 11.1 Å². The summed E-state index contributed by atoms with van der Waals surface area (Å²) in [5.41, 5.74) is -3.94. The summed E-state index contributed by atoms with van der Waals surface area (Å²) in [6, 6.07) is 9.79. The van der Waals surface area contributed by atoms with Crippen LogP contribution in [-0.2, 0) is 22.6 Å². The van der Waals surface area contributed by atoms with E-state index in [-0.39, 0.29) is 23.9 Å². The highest BCUT2D eigenvalue weighted by atomic mass is 35.5. The molecule has 12 heteroatoms. The Labute approximate surface area is 244 Å². The van der Waals surface area contributed by atoms with Crippen LogP contribution in [0.4, 0.5) is 37.8 Å². The number of amides is 1. The quantitative estimate of drug-likeness (QED) is 0.276. The molecule has 226 valence electrons. The van der Waals surface area contributed by atoms with Crippen LogP contribution in [0.2, 0.25) is 5.02 Å². The molecule has 1 aliphatic carbocycles. The fraction of sp³-hybridized carbons (Fsp3) is 0.400. The van der Waals surface area contributed by atoms with Gasteiger partial charge in [0.25, 0.3) is 0 Å². The fourth-order valence-electron chi connectivity index (χ4n) is 5.09. The highest BCUT2D eigenvalue weighted by Crippen LogP contribution is 2.41. The zero-order valence-electron chi connectivity index (χ0n) is 23.1. The van der Waals surface area contributed by atoms with Crippen LogP contribution in [0.3, 0.4) is 0 Å². The number of hydrogen-bond donors (Lipinski definition) is 2. The third kappa shape index (κ3) is 6.83. The minimum absolute atomic E-state index is 0.0337. The molecule has 1 heterocycles. The number of carbonyl (C=O) groups is 1. The van der Waals surface area contributed by atoms with E-state index < -0.39 is 40.4 Å². The van der Waals surface area contributed by atoms with Crippen molar-refractivity contribution in [2.24, 2.45) is 0 Å². The number of alkyl halides is 6. The third-order valence-corrected chi connectivity index (χ3v) is 7.94. The average Bonchev–Trinajstić information content (AvgIpc) is 2.92. The van der Waals surface area contributed by atoms with Gasteiger partial charge in [-0.2, -0.15) is 26.3 Å². The lowest BCUT2D eigenvalue weighted by Gasteiger charge is -2.32. The first kappa shape index (κ1) is 31.6. The van der Waals surface area contributed by atoms with Gasteiger partial charge in [0, 0.05) is 29.2 Å². The number of anilines is 2. The Hall–Kier alpha value is -3.31. The summed E-state index contributed by atoms with van der Waals surface area (Å²) < 4.78 is 81.3. The maximum absolute atomic E-state index is 13.9. The Morgan fingerprint density at radius 2 is 1.45 bits per heavy atom. The zero-order valence-corrected chi connectivity index (χ0v) is 23.8. The molecule has 0 aliphatic heterocycles. The Kier molecular flexibility index (Phi) is 8.85. The molecule has 1 saturated carbocycles. The van der Waals surface area contributed by atoms with E-state index in [4.69, 9.17) is 11.6 Å². The van der Waals surface area contributed by atoms with Gasteiger partial charge in [0.15, 0.2) is 0 Å². The number of aliphatic hydroxyl groups is 1. The molecular weight excluding hydrogens is 584 g/mol. The summed E-state index contributed by atoms with van der Waals surface area (Å²) in [4.78, 5) is 19.5. The zero-order chi connectivity index (χ0) is 31.0. The normalized spacial score (nSPS) is 18.1. The number of nitrogens with zero attached hydrogens (tertiary/aromatic N) is 2. The van der Waals surface area contributed by atoms with Gasteiger partial charge in [-0.1, -0.05) is 29.8 Å². The van der Waals surface area contributed by atoms with Crippen molar-refractivity contribution >= 4 is 29.0 Å². The second kappa shape index (κ2) is 11.8. The van der Waals surface area contributed by atoms with E-state index >= 15 is 0 Å². The van der Waals surface area contributed by atoms with Crippen LogP contribution in [0.5, 0.6) is 0 Å². The average molecular weight is 614 g/mol. The van der Waals surface area contributed by atoms with Gasteiger partial charge in [-0.15, -0.1) is 0 Å². The van der Waals surface area contributed by atoms with Crippen LogP contribution in [0.1, 0.15) is 56.2 Å². The number of rotatable bonds is 6. The van der Waals surface area contributed by atoms with Gasteiger partial charge in [-0.3, -0.25) is 4.79 Å². The first-order chi connectivity index (χ1) is 19.5. The minimum atomic E-state index is -5.05. The first-order valence-electron chi connectivity index (χ1n) is 13.3. The molecule has 4 rings (SSSR count). The third-order valence-electron chi connectivity index (χ3n) is 7.61. The summed E-state index contributed by atoms with van der Waals surface area (Å²) in [7, 11) is 1.38. The predicted octanol–water partition coefficient (Wildman–Crippen LogP) is 8.10. The summed E-state index contributed by atoms with van der Waals surface area (Å²) >= 11 is 6.50. The molecule has 0 radical (unpaired) electrons. The van der Waals surface area contributed by atoms with E-state index in [0.29, 0.717) is 46.9 Å². The number of halogens is 7. The number of likely N-dealkylation sites (N-methyl/N-ethyl adjacent to an activating group) is 1. The van der Waals surface area contributed by atoms with Gasteiger partial charge in [0.1, 0.15) is 5.82 Å². The lowest BCUT2D eigenvalue weighted by Crippen LogP contribution is -2.42. The smallest absolute Gasteiger partial charge is 0.393 e. The van der Waals surface area contributed by atoms with Crippen molar-refractivity contribution < 1.29 is 36.2 Å². The van der Waals surface area contributed by atoms with E-state index in [2.05, 4.69) is 10.3 Å². The SMILES string of the molecule is CN(C(=O)C(C)(C)c1cc(C(F)(F)F)cc(C(F)(F)F)c1)c1cnc(NC2CCC(O)CC2)cc1-c1ccccc1Cl. The van der Waals surface area contributed by atoms with Gasteiger partial charge in [0.2, 0.25) is 5.91 Å². The van der Waals surface area contributed by atoms with Crippen LogP contribution in [0, 0.1) is 0 Å². The van der Waals surface area contributed by atoms with E-state index in [1.165, 1.54) is 32.0 Å². The number of hydrogen-bond acceptors (Lipinski definition) is 4. The van der Waals surface area contributed by atoms with Crippen LogP contribution in [0.15, 0.2) is 54.7 Å². The van der Waals surface area contributed by atoms with Crippen LogP contribution in [-0.4, -0.2) is 35.2 Å². The van der Waals surface area contributed by atoms with E-state index in [9.17, 15) is 36.2 Å². The van der Waals surface area contributed by atoms with Gasteiger partial charge in [-0.25, -0.2) is 4.98 Å². The summed E-state index contributed by atoms with van der Waals surface area (Å²) in [5, 5.41) is 13.5. The Balaban J connectivity index is 1.75. The van der Waals surface area contributed by atoms with E-state index in [1.807, 2.05) is 0 Å². The molecule has 42 heavy (non-hydrogen) atoms. The van der Waals surface area contributed by atoms with Crippen molar-refractivity contribution in [2.45, 2.75) is 69.4 Å². The molecule has 1 aliphatic rings. The van der Waals surface area contributed by atoms with Crippen molar-refractivity contribution in [1.29, 1.82) is 0 Å². The van der Waals surface area contributed by atoms with Gasteiger partial charge in [-0.05, 0) is 75.4 Å². The Morgan fingerprint density at radius 3 is 2.00 bits per heavy atom. The molecule has 5 nitrogen and oxygen atoms in total. The topological polar surface area (TPSA) is 65.5 Å². The van der Waals surface area contributed by atoms with Crippen molar-refractivity contribution in [3.63, 3.8) is 0 Å². The molecule has 0 unspecified atom stereocenters. The minimum Gasteiger partial charge on any atom is -0.393 e. The van der Waals surface area contributed by atoms with E-state index in [1.54, 1.807) is 30.3 Å². The lowest BCUT2D eigenvalue weighted by molar-refractivity contribution is -0.143. The molecule has 3 aromatic rings. The number of aromatic nitrogens is 1. The lowest BCUT2D eigenvalue weighted by atomic mass is 9.81. The molecule has 1 aromatic heterocycles. The number of carbonyl (C=O) groups excluding carboxylic acids is 1. The molecule has 0 spiro atoms. The standard InChI is InChI=1S/C30H30ClF6N3O2/c1-28(2,17-12-18(29(32,33)34)14-19(13-17)30(35,36)37)27(42)40(3)25-16-38-26(39-20-8-10-21(41)11-9-20)15-23(25)22-6-4-5-7-24(22)31/h4-7,12-16,20-21,41H,8-11H2,1-3H3,(H,38,39). The van der Waals surface area contributed by atoms with Gasteiger partial charge in [0.05, 0.1) is 34.5 Å². The first-order valence-corrected chi connectivity index (χ1v) is 13.6. The molecule has 0 atom stereocenters. The molecule has 0 bridgehead atoms. The molecule has 2 N–H and O–H groups in total. The molecule has 1 fully saturated rings. The Morgan fingerprint density at radius 1 is 0.905 bits per heavy atom. The molecule has 2 aromatic carbocycles. The largest absolute Gasteiger partial charge is 0.416 e. The molecule has 0 saturated heterocycles. The maximum Gasteiger partial charge on any atom is 0.416 e. The second-order valence-electron chi connectivity index (χ2n) is 11.0. The molecular formula is C30H30ClF6N3O2. The van der Waals surface area contributed by atoms with Crippen LogP contribution >= 0.6 is 11.6 Å². The molecule has 1 amide bonds. The number of benzene rings is 2. The monoisotopic (exact) mass is 613 g/mol. The summed E-state index contributed by atoms with van der Waals surface area (Å²) in [5.74, 6) is -0.269. The van der Waals surface area contributed by atoms with Gasteiger partial charge < -0.3 is 15.3 Å². The fourth-order valence-corrected chi connectivity index (χ4v) is 5.32. The van der Waals surface area contributed by atoms with Crippen molar-refractivity contribution in [1.82, 2.24) is 4.98 Å².